The van der Waals surface area contributed by atoms with Crippen LogP contribution in [0.15, 0.2) is 24.3 Å². The molecule has 0 saturated heterocycles. The van der Waals surface area contributed by atoms with Crippen molar-refractivity contribution in [3.8, 4) is 0 Å². The molecule has 2 N–H and O–H groups in total. The molecule has 19 heavy (non-hydrogen) atoms. The van der Waals surface area contributed by atoms with E-state index in [1.165, 1.54) is 5.56 Å². The molecule has 0 aliphatic rings. The Balaban J connectivity index is 2.70. The third kappa shape index (κ3) is 4.56. The lowest BCUT2D eigenvalue weighted by atomic mass is 10.0. The van der Waals surface area contributed by atoms with E-state index >= 15 is 0 Å². The molecule has 0 fully saturated rings. The molecular formula is C15H24N2O2. The van der Waals surface area contributed by atoms with Crippen LogP contribution >= 0.6 is 0 Å². The van der Waals surface area contributed by atoms with E-state index in [0.29, 0.717) is 13.1 Å². The monoisotopic (exact) mass is 264 g/mol. The second-order valence-corrected chi connectivity index (χ2v) is 4.62. The summed E-state index contributed by atoms with van der Waals surface area (Å²) in [7, 11) is 0. The zero-order valence-electron chi connectivity index (χ0n) is 12.0. The second-order valence-electron chi connectivity index (χ2n) is 4.62. The van der Waals surface area contributed by atoms with Crippen LogP contribution in [0, 0.1) is 6.92 Å². The summed E-state index contributed by atoms with van der Waals surface area (Å²) in [6.07, 6.45) is 0.839. The Kier molecular flexibility index (Phi) is 6.36. The number of hydrogen-bond acceptors (Lipinski definition) is 2. The van der Waals surface area contributed by atoms with E-state index in [4.69, 9.17) is 5.11 Å². The Hall–Kier alpha value is -1.55. The molecule has 0 bridgehead atoms. The number of carbonyl (C=O) groups excluding carboxylic acids is 1. The Morgan fingerprint density at radius 1 is 1.32 bits per heavy atom. The molecule has 0 heterocycles. The summed E-state index contributed by atoms with van der Waals surface area (Å²) < 4.78 is 0. The van der Waals surface area contributed by atoms with Gasteiger partial charge in [-0.1, -0.05) is 36.8 Å². The Bertz CT molecular complexity index is 390. The van der Waals surface area contributed by atoms with Crippen LogP contribution in [0.25, 0.3) is 0 Å². The molecule has 0 radical (unpaired) electrons. The predicted molar refractivity (Wildman–Crippen MR) is 77.1 cm³/mol. The summed E-state index contributed by atoms with van der Waals surface area (Å²) in [5, 5.41) is 11.9. The van der Waals surface area contributed by atoms with Crippen molar-refractivity contribution in [1.29, 1.82) is 0 Å². The van der Waals surface area contributed by atoms with Crippen LogP contribution in [0.3, 0.4) is 0 Å². The number of aliphatic hydroxyl groups is 1. The maximum atomic E-state index is 12.1. The second kappa shape index (κ2) is 7.79. The van der Waals surface area contributed by atoms with Gasteiger partial charge in [-0.3, -0.25) is 0 Å². The molecule has 4 heteroatoms. The SMILES string of the molecule is CCC(NC(=O)N(CC)CCO)c1ccc(C)cc1. The minimum atomic E-state index is -0.121. The first-order valence-corrected chi connectivity index (χ1v) is 6.85. The molecule has 0 aliphatic heterocycles. The topological polar surface area (TPSA) is 52.6 Å². The molecule has 0 aliphatic carbocycles. The van der Waals surface area contributed by atoms with Crippen molar-refractivity contribution in [2.24, 2.45) is 0 Å². The highest BCUT2D eigenvalue weighted by molar-refractivity contribution is 5.74. The van der Waals surface area contributed by atoms with E-state index in [0.717, 1.165) is 12.0 Å². The molecule has 1 rings (SSSR count). The standard InChI is InChI=1S/C15H24N2O2/c1-4-14(13-8-6-12(3)7-9-13)16-15(19)17(5-2)10-11-18/h6-9,14,18H,4-5,10-11H2,1-3H3,(H,16,19). The summed E-state index contributed by atoms with van der Waals surface area (Å²) >= 11 is 0. The zero-order valence-corrected chi connectivity index (χ0v) is 12.0. The lowest BCUT2D eigenvalue weighted by Gasteiger charge is -2.24. The fourth-order valence-corrected chi connectivity index (χ4v) is 1.98. The number of rotatable bonds is 6. The van der Waals surface area contributed by atoms with Crippen LogP contribution in [-0.4, -0.2) is 35.7 Å². The van der Waals surface area contributed by atoms with E-state index in [2.05, 4.69) is 17.4 Å². The maximum absolute atomic E-state index is 12.1. The number of aliphatic hydroxyl groups excluding tert-OH is 1. The molecule has 0 aromatic heterocycles. The van der Waals surface area contributed by atoms with E-state index in [9.17, 15) is 4.79 Å². The molecule has 0 saturated carbocycles. The van der Waals surface area contributed by atoms with Crippen LogP contribution in [0.5, 0.6) is 0 Å². The molecule has 2 amide bonds. The van der Waals surface area contributed by atoms with Crippen molar-refractivity contribution in [3.63, 3.8) is 0 Å². The number of benzene rings is 1. The molecule has 0 spiro atoms. The lowest BCUT2D eigenvalue weighted by Crippen LogP contribution is -2.42. The van der Waals surface area contributed by atoms with Crippen LogP contribution in [0.4, 0.5) is 4.79 Å². The third-order valence-corrected chi connectivity index (χ3v) is 3.22. The summed E-state index contributed by atoms with van der Waals surface area (Å²) in [6.45, 7) is 6.95. The van der Waals surface area contributed by atoms with Gasteiger partial charge in [-0.25, -0.2) is 4.79 Å². The predicted octanol–water partition coefficient (Wildman–Crippen LogP) is 2.47. The van der Waals surface area contributed by atoms with E-state index in [-0.39, 0.29) is 18.7 Å². The van der Waals surface area contributed by atoms with E-state index in [1.54, 1.807) is 4.90 Å². The van der Waals surface area contributed by atoms with Crippen LogP contribution in [0.1, 0.15) is 37.4 Å². The van der Waals surface area contributed by atoms with Gasteiger partial charge in [0.25, 0.3) is 0 Å². The van der Waals surface area contributed by atoms with Gasteiger partial charge in [-0.05, 0) is 25.8 Å². The zero-order chi connectivity index (χ0) is 14.3. The van der Waals surface area contributed by atoms with Crippen molar-refractivity contribution in [2.45, 2.75) is 33.2 Å². The largest absolute Gasteiger partial charge is 0.395 e. The lowest BCUT2D eigenvalue weighted by molar-refractivity contribution is 0.177. The molecule has 1 aromatic carbocycles. The molecule has 1 aromatic rings. The van der Waals surface area contributed by atoms with Crippen molar-refractivity contribution in [2.75, 3.05) is 19.7 Å². The maximum Gasteiger partial charge on any atom is 0.317 e. The molecule has 106 valence electrons. The van der Waals surface area contributed by atoms with Gasteiger partial charge in [0.1, 0.15) is 0 Å². The normalized spacial score (nSPS) is 12.0. The van der Waals surface area contributed by atoms with Gasteiger partial charge in [-0.2, -0.15) is 0 Å². The first-order valence-electron chi connectivity index (χ1n) is 6.85. The van der Waals surface area contributed by atoms with Gasteiger partial charge in [0.15, 0.2) is 0 Å². The van der Waals surface area contributed by atoms with E-state index in [1.807, 2.05) is 32.9 Å². The fourth-order valence-electron chi connectivity index (χ4n) is 1.98. The van der Waals surface area contributed by atoms with E-state index < -0.39 is 0 Å². The molecular weight excluding hydrogens is 240 g/mol. The number of likely N-dealkylation sites (N-methyl/N-ethyl adjacent to an activating group) is 1. The first kappa shape index (κ1) is 15.5. The average Bonchev–Trinajstić information content (AvgIpc) is 2.43. The first-order chi connectivity index (χ1) is 9.12. The average molecular weight is 264 g/mol. The summed E-state index contributed by atoms with van der Waals surface area (Å²) in [4.78, 5) is 13.7. The number of nitrogens with zero attached hydrogens (tertiary/aromatic N) is 1. The van der Waals surface area contributed by atoms with Gasteiger partial charge < -0.3 is 15.3 Å². The number of carbonyl (C=O) groups is 1. The number of aryl methyl sites for hydroxylation is 1. The highest BCUT2D eigenvalue weighted by Crippen LogP contribution is 2.17. The van der Waals surface area contributed by atoms with Gasteiger partial charge in [0.2, 0.25) is 0 Å². The number of nitrogens with one attached hydrogen (secondary N) is 1. The highest BCUT2D eigenvalue weighted by Gasteiger charge is 2.16. The Morgan fingerprint density at radius 3 is 2.42 bits per heavy atom. The summed E-state index contributed by atoms with van der Waals surface area (Å²) in [5.41, 5.74) is 2.32. The molecule has 4 nitrogen and oxygen atoms in total. The van der Waals surface area contributed by atoms with Gasteiger partial charge in [-0.15, -0.1) is 0 Å². The molecule has 1 atom stereocenters. The Morgan fingerprint density at radius 2 is 1.95 bits per heavy atom. The van der Waals surface area contributed by atoms with Gasteiger partial charge in [0.05, 0.1) is 12.6 Å². The smallest absolute Gasteiger partial charge is 0.317 e. The van der Waals surface area contributed by atoms with Crippen molar-refractivity contribution in [1.82, 2.24) is 10.2 Å². The Labute approximate surface area is 115 Å². The molecule has 1 unspecified atom stereocenters. The number of hydrogen-bond donors (Lipinski definition) is 2. The van der Waals surface area contributed by atoms with Crippen LogP contribution < -0.4 is 5.32 Å². The minimum absolute atomic E-state index is 0.0113. The number of amides is 2. The van der Waals surface area contributed by atoms with Crippen molar-refractivity contribution < 1.29 is 9.90 Å². The third-order valence-electron chi connectivity index (χ3n) is 3.22. The van der Waals surface area contributed by atoms with Crippen LogP contribution in [0.2, 0.25) is 0 Å². The van der Waals surface area contributed by atoms with Gasteiger partial charge in [0, 0.05) is 13.1 Å². The number of urea groups is 1. The fraction of sp³-hybridized carbons (Fsp3) is 0.533. The van der Waals surface area contributed by atoms with Crippen molar-refractivity contribution in [3.05, 3.63) is 35.4 Å². The highest BCUT2D eigenvalue weighted by atomic mass is 16.3. The summed E-state index contributed by atoms with van der Waals surface area (Å²) in [5.74, 6) is 0. The minimum Gasteiger partial charge on any atom is -0.395 e. The van der Waals surface area contributed by atoms with Gasteiger partial charge >= 0.3 is 6.03 Å². The quantitative estimate of drug-likeness (QED) is 0.829. The summed E-state index contributed by atoms with van der Waals surface area (Å²) in [6, 6.07) is 8.09. The van der Waals surface area contributed by atoms with Crippen molar-refractivity contribution >= 4 is 6.03 Å². The van der Waals surface area contributed by atoms with Crippen LogP contribution in [-0.2, 0) is 0 Å².